The van der Waals surface area contributed by atoms with E-state index in [0.29, 0.717) is 6.42 Å². The first kappa shape index (κ1) is 15.9. The molecule has 0 spiro atoms. The molecule has 0 saturated heterocycles. The highest BCUT2D eigenvalue weighted by Crippen LogP contribution is 2.19. The Kier molecular flexibility index (Phi) is 4.65. The summed E-state index contributed by atoms with van der Waals surface area (Å²) in [6.07, 6.45) is 0.586. The van der Waals surface area contributed by atoms with Crippen molar-refractivity contribution in [1.82, 2.24) is 4.72 Å². The van der Waals surface area contributed by atoms with Crippen LogP contribution in [0, 0.1) is 12.7 Å². The van der Waals surface area contributed by atoms with Gasteiger partial charge in [0.25, 0.3) is 0 Å². The van der Waals surface area contributed by atoms with Gasteiger partial charge in [0.1, 0.15) is 5.82 Å². The van der Waals surface area contributed by atoms with Crippen molar-refractivity contribution in [3.8, 4) is 0 Å². The monoisotopic (exact) mass is 328 g/mol. The van der Waals surface area contributed by atoms with Gasteiger partial charge in [0.05, 0.1) is 4.90 Å². The number of sulfonamides is 1. The number of nitrogens with one attached hydrogen (secondary N) is 1. The molecule has 1 aromatic carbocycles. The highest BCUT2D eigenvalue weighted by molar-refractivity contribution is 7.89. The number of nitrogens with two attached hydrogens (primary N) is 1. The Bertz CT molecular complexity index is 721. The lowest BCUT2D eigenvalue weighted by atomic mass is 10.2. The summed E-state index contributed by atoms with van der Waals surface area (Å²) in [4.78, 5) is 2.12. The summed E-state index contributed by atoms with van der Waals surface area (Å²) >= 11 is 1.63. The highest BCUT2D eigenvalue weighted by atomic mass is 32.2. The number of hydrogen-bond donors (Lipinski definition) is 2. The zero-order valence-corrected chi connectivity index (χ0v) is 13.4. The van der Waals surface area contributed by atoms with Crippen molar-refractivity contribution in [3.05, 3.63) is 45.9 Å². The average molecular weight is 328 g/mol. The third-order valence-corrected chi connectivity index (χ3v) is 5.46. The number of rotatable bonds is 5. The molecule has 1 heterocycles. The number of hydrogen-bond acceptors (Lipinski definition) is 4. The van der Waals surface area contributed by atoms with E-state index in [4.69, 9.17) is 5.73 Å². The molecule has 3 N–H and O–H groups in total. The minimum Gasteiger partial charge on any atom is -0.399 e. The zero-order chi connectivity index (χ0) is 15.6. The molecule has 0 radical (unpaired) electrons. The van der Waals surface area contributed by atoms with Crippen LogP contribution in [0.2, 0.25) is 0 Å². The number of nitrogen functional groups attached to an aromatic ring is 1. The maximum Gasteiger partial charge on any atom is 0.240 e. The molecule has 0 saturated carbocycles. The summed E-state index contributed by atoms with van der Waals surface area (Å²) in [7, 11) is -3.78. The van der Waals surface area contributed by atoms with E-state index in [1.165, 1.54) is 10.9 Å². The summed E-state index contributed by atoms with van der Waals surface area (Å²) in [5, 5.41) is 0. The maximum absolute atomic E-state index is 13.3. The van der Waals surface area contributed by atoms with E-state index >= 15 is 0 Å². The summed E-state index contributed by atoms with van der Waals surface area (Å²) in [6.45, 7) is 3.77. The topological polar surface area (TPSA) is 72.2 Å². The second-order valence-electron chi connectivity index (χ2n) is 4.96. The molecule has 0 aliphatic heterocycles. The molecule has 1 unspecified atom stereocenters. The van der Waals surface area contributed by atoms with Crippen LogP contribution in [0.25, 0.3) is 0 Å². The van der Waals surface area contributed by atoms with Gasteiger partial charge < -0.3 is 5.73 Å². The fourth-order valence-electron chi connectivity index (χ4n) is 2.01. The van der Waals surface area contributed by atoms with E-state index in [-0.39, 0.29) is 16.6 Å². The van der Waals surface area contributed by atoms with Crippen molar-refractivity contribution in [1.29, 1.82) is 0 Å². The van der Waals surface area contributed by atoms with Crippen molar-refractivity contribution in [2.75, 3.05) is 5.73 Å². The van der Waals surface area contributed by atoms with Crippen LogP contribution in [0.4, 0.5) is 10.1 Å². The Balaban J connectivity index is 2.13. The molecular formula is C14H17FN2O2S2. The molecule has 2 rings (SSSR count). The predicted molar refractivity (Wildman–Crippen MR) is 83.4 cm³/mol. The number of anilines is 1. The normalized spacial score (nSPS) is 13.3. The Labute approximate surface area is 127 Å². The van der Waals surface area contributed by atoms with E-state index in [1.54, 1.807) is 18.3 Å². The molecule has 21 heavy (non-hydrogen) atoms. The molecule has 2 aromatic rings. The zero-order valence-electron chi connectivity index (χ0n) is 11.8. The van der Waals surface area contributed by atoms with Gasteiger partial charge in [-0.15, -0.1) is 11.3 Å². The van der Waals surface area contributed by atoms with Crippen molar-refractivity contribution < 1.29 is 12.8 Å². The summed E-state index contributed by atoms with van der Waals surface area (Å²) in [5.41, 5.74) is 5.56. The van der Waals surface area contributed by atoms with Gasteiger partial charge in [-0.3, -0.25) is 0 Å². The third-order valence-electron chi connectivity index (χ3n) is 2.86. The number of aryl methyl sites for hydroxylation is 1. The van der Waals surface area contributed by atoms with Crippen LogP contribution in [0.5, 0.6) is 0 Å². The van der Waals surface area contributed by atoms with E-state index in [0.717, 1.165) is 17.0 Å². The van der Waals surface area contributed by atoms with Crippen LogP contribution in [-0.2, 0) is 16.4 Å². The van der Waals surface area contributed by atoms with Gasteiger partial charge in [-0.05, 0) is 50.6 Å². The standard InChI is InChI=1S/C14H17FN2O2S2/c1-9(5-13-4-3-10(2)20-13)17-21(18,19)14-7-11(15)6-12(16)8-14/h3-4,6-9,17H,5,16H2,1-2H3. The first-order valence-corrected chi connectivity index (χ1v) is 8.70. The summed E-state index contributed by atoms with van der Waals surface area (Å²) in [6, 6.07) is 6.96. The number of halogens is 1. The third kappa shape index (κ3) is 4.26. The fraction of sp³-hybridized carbons (Fsp3) is 0.286. The Morgan fingerprint density at radius 2 is 2.05 bits per heavy atom. The molecule has 0 bridgehead atoms. The second-order valence-corrected chi connectivity index (χ2v) is 8.05. The Morgan fingerprint density at radius 1 is 1.33 bits per heavy atom. The van der Waals surface area contributed by atoms with E-state index < -0.39 is 15.8 Å². The van der Waals surface area contributed by atoms with Crippen molar-refractivity contribution >= 4 is 27.0 Å². The van der Waals surface area contributed by atoms with E-state index in [9.17, 15) is 12.8 Å². The molecule has 0 amide bonds. The van der Waals surface area contributed by atoms with Crippen LogP contribution in [-0.4, -0.2) is 14.5 Å². The number of benzene rings is 1. The minimum atomic E-state index is -3.78. The van der Waals surface area contributed by atoms with Gasteiger partial charge in [0, 0.05) is 21.5 Å². The quantitative estimate of drug-likeness (QED) is 0.829. The lowest BCUT2D eigenvalue weighted by molar-refractivity contribution is 0.558. The molecule has 7 heteroatoms. The second kappa shape index (κ2) is 6.13. The SMILES string of the molecule is Cc1ccc(CC(C)NS(=O)(=O)c2cc(N)cc(F)c2)s1. The van der Waals surface area contributed by atoms with E-state index in [1.807, 2.05) is 19.1 Å². The largest absolute Gasteiger partial charge is 0.399 e. The van der Waals surface area contributed by atoms with Crippen LogP contribution in [0.3, 0.4) is 0 Å². The van der Waals surface area contributed by atoms with Gasteiger partial charge in [-0.1, -0.05) is 0 Å². The van der Waals surface area contributed by atoms with Gasteiger partial charge in [0.2, 0.25) is 10.0 Å². The van der Waals surface area contributed by atoms with Gasteiger partial charge in [-0.25, -0.2) is 17.5 Å². The van der Waals surface area contributed by atoms with Gasteiger partial charge >= 0.3 is 0 Å². The first-order chi connectivity index (χ1) is 9.76. The molecule has 4 nitrogen and oxygen atoms in total. The summed E-state index contributed by atoms with van der Waals surface area (Å²) < 4.78 is 40.2. The van der Waals surface area contributed by atoms with E-state index in [2.05, 4.69) is 4.72 Å². The van der Waals surface area contributed by atoms with Gasteiger partial charge in [-0.2, -0.15) is 0 Å². The minimum absolute atomic E-state index is 0.0805. The van der Waals surface area contributed by atoms with Crippen LogP contribution >= 0.6 is 11.3 Å². The molecule has 0 aliphatic carbocycles. The van der Waals surface area contributed by atoms with Gasteiger partial charge in [0.15, 0.2) is 0 Å². The maximum atomic E-state index is 13.3. The molecule has 0 fully saturated rings. The summed E-state index contributed by atoms with van der Waals surface area (Å²) in [5.74, 6) is -0.670. The average Bonchev–Trinajstić information content (AvgIpc) is 2.72. The Morgan fingerprint density at radius 3 is 2.62 bits per heavy atom. The van der Waals surface area contributed by atoms with Crippen LogP contribution in [0.15, 0.2) is 35.2 Å². The molecule has 1 aromatic heterocycles. The van der Waals surface area contributed by atoms with Crippen LogP contribution < -0.4 is 10.5 Å². The molecular weight excluding hydrogens is 311 g/mol. The highest BCUT2D eigenvalue weighted by Gasteiger charge is 2.19. The number of thiophene rings is 1. The van der Waals surface area contributed by atoms with Crippen molar-refractivity contribution in [2.45, 2.75) is 31.2 Å². The predicted octanol–water partition coefficient (Wildman–Crippen LogP) is 2.69. The van der Waals surface area contributed by atoms with Crippen LogP contribution in [0.1, 0.15) is 16.7 Å². The van der Waals surface area contributed by atoms with Crippen molar-refractivity contribution in [3.63, 3.8) is 0 Å². The Hall–Kier alpha value is -1.44. The molecule has 0 aliphatic rings. The first-order valence-electron chi connectivity index (χ1n) is 6.40. The molecule has 114 valence electrons. The lowest BCUT2D eigenvalue weighted by Gasteiger charge is -2.14. The lowest BCUT2D eigenvalue weighted by Crippen LogP contribution is -2.34. The van der Waals surface area contributed by atoms with Crippen molar-refractivity contribution in [2.24, 2.45) is 0 Å². The fourth-order valence-corrected chi connectivity index (χ4v) is 4.34. The molecule has 1 atom stereocenters. The smallest absolute Gasteiger partial charge is 0.240 e.